The van der Waals surface area contributed by atoms with Gasteiger partial charge in [-0.1, -0.05) is 0 Å². The summed E-state index contributed by atoms with van der Waals surface area (Å²) in [6.45, 7) is -2.07. The molecule has 0 heterocycles. The molecule has 3 N–H and O–H groups in total. The van der Waals surface area contributed by atoms with E-state index in [0.29, 0.717) is 12.1 Å². The first-order valence-electron chi connectivity index (χ1n) is 4.77. The van der Waals surface area contributed by atoms with Gasteiger partial charge < -0.3 is 11.1 Å². The van der Waals surface area contributed by atoms with E-state index in [0.717, 1.165) is 0 Å². The lowest BCUT2D eigenvalue weighted by Crippen LogP contribution is -2.41. The number of carbonyl (C=O) groups excluding carboxylic acids is 1. The van der Waals surface area contributed by atoms with E-state index in [-0.39, 0.29) is 0 Å². The van der Waals surface area contributed by atoms with Crippen LogP contribution >= 0.6 is 0 Å². The molecule has 0 bridgehead atoms. The van der Waals surface area contributed by atoms with Gasteiger partial charge in [0.25, 0.3) is 11.8 Å². The zero-order valence-corrected chi connectivity index (χ0v) is 8.94. The summed E-state index contributed by atoms with van der Waals surface area (Å²) >= 11 is 0. The van der Waals surface area contributed by atoms with Gasteiger partial charge in [0, 0.05) is 5.56 Å². The summed E-state index contributed by atoms with van der Waals surface area (Å²) in [5.41, 5.74) is 4.13. The van der Waals surface area contributed by atoms with Crippen molar-refractivity contribution in [3.05, 3.63) is 35.1 Å². The lowest BCUT2D eigenvalue weighted by molar-refractivity contribution is 0.0118. The van der Waals surface area contributed by atoms with Gasteiger partial charge in [0.05, 0.1) is 13.1 Å². The highest BCUT2D eigenvalue weighted by molar-refractivity contribution is 5.94. The van der Waals surface area contributed by atoms with Crippen molar-refractivity contribution in [2.45, 2.75) is 5.92 Å². The van der Waals surface area contributed by atoms with Gasteiger partial charge in [-0.15, -0.1) is 0 Å². The smallest absolute Gasteiger partial charge is 0.277 e. The van der Waals surface area contributed by atoms with Crippen molar-refractivity contribution in [2.24, 2.45) is 5.73 Å². The van der Waals surface area contributed by atoms with Crippen LogP contribution in [-0.2, 0) is 0 Å². The summed E-state index contributed by atoms with van der Waals surface area (Å²) in [7, 11) is 0. The van der Waals surface area contributed by atoms with Gasteiger partial charge in [0.2, 0.25) is 0 Å². The molecule has 8 heteroatoms. The summed E-state index contributed by atoms with van der Waals surface area (Å²) in [5, 5.41) is 1.74. The van der Waals surface area contributed by atoms with Crippen molar-refractivity contribution in [3.63, 3.8) is 0 Å². The number of hydrogen-bond acceptors (Lipinski definition) is 2. The third-order valence-corrected chi connectivity index (χ3v) is 2.05. The summed E-state index contributed by atoms with van der Waals surface area (Å²) in [6.07, 6.45) is 0. The molecule has 0 fully saturated rings. The molecule has 0 radical (unpaired) electrons. The number of rotatable bonds is 4. The predicted molar refractivity (Wildman–Crippen MR) is 52.7 cm³/mol. The molecule has 18 heavy (non-hydrogen) atoms. The van der Waals surface area contributed by atoms with Crippen LogP contribution in [0.3, 0.4) is 0 Å². The van der Waals surface area contributed by atoms with Gasteiger partial charge in [-0.2, -0.15) is 0 Å². The molecular formula is C10H9F5N2O. The van der Waals surface area contributed by atoms with Crippen LogP contribution in [-0.4, -0.2) is 24.9 Å². The van der Waals surface area contributed by atoms with Crippen LogP contribution in [0.25, 0.3) is 0 Å². The predicted octanol–water partition coefficient (Wildman–Crippen LogP) is 1.43. The number of amides is 1. The highest BCUT2D eigenvalue weighted by Gasteiger charge is 2.27. The van der Waals surface area contributed by atoms with Gasteiger partial charge in [-0.05, 0) is 12.1 Å². The molecule has 1 rings (SSSR count). The highest BCUT2D eigenvalue weighted by atomic mass is 19.3. The molecule has 0 saturated heterocycles. The van der Waals surface area contributed by atoms with E-state index in [1.807, 2.05) is 0 Å². The van der Waals surface area contributed by atoms with Gasteiger partial charge in [-0.25, -0.2) is 22.0 Å². The van der Waals surface area contributed by atoms with Crippen LogP contribution < -0.4 is 11.1 Å². The van der Waals surface area contributed by atoms with Crippen molar-refractivity contribution >= 4 is 5.91 Å². The van der Waals surface area contributed by atoms with Crippen molar-refractivity contribution in [3.8, 4) is 0 Å². The molecule has 1 aromatic carbocycles. The fourth-order valence-corrected chi connectivity index (χ4v) is 1.07. The topological polar surface area (TPSA) is 55.1 Å². The maximum absolute atomic E-state index is 12.8. The van der Waals surface area contributed by atoms with Crippen molar-refractivity contribution in [2.75, 3.05) is 13.1 Å². The van der Waals surface area contributed by atoms with Crippen LogP contribution in [0.1, 0.15) is 10.4 Å². The number of benzene rings is 1. The Labute approximate surface area is 98.8 Å². The van der Waals surface area contributed by atoms with E-state index in [2.05, 4.69) is 0 Å². The van der Waals surface area contributed by atoms with Crippen molar-refractivity contribution < 1.29 is 26.7 Å². The fraction of sp³-hybridized carbons (Fsp3) is 0.300. The molecule has 3 nitrogen and oxygen atoms in total. The van der Waals surface area contributed by atoms with E-state index >= 15 is 0 Å². The molecule has 0 aromatic heterocycles. The SMILES string of the molecule is NCC(F)(F)CNC(=O)c1cc(F)c(F)c(F)c1. The Morgan fingerprint density at radius 2 is 1.72 bits per heavy atom. The Morgan fingerprint density at radius 3 is 2.17 bits per heavy atom. The molecule has 1 amide bonds. The standard InChI is InChI=1S/C10H9F5N2O/c11-6-1-5(2-7(12)8(6)13)9(18)17-4-10(14,15)3-16/h1-2H,3-4,16H2,(H,17,18). The maximum atomic E-state index is 12.8. The first-order valence-corrected chi connectivity index (χ1v) is 4.77. The highest BCUT2D eigenvalue weighted by Crippen LogP contribution is 2.14. The molecule has 0 atom stereocenters. The van der Waals surface area contributed by atoms with Crippen LogP contribution in [0.15, 0.2) is 12.1 Å². The number of nitrogens with one attached hydrogen (secondary N) is 1. The molecule has 0 unspecified atom stereocenters. The third-order valence-electron chi connectivity index (χ3n) is 2.05. The van der Waals surface area contributed by atoms with Crippen LogP contribution in [0.4, 0.5) is 22.0 Å². The molecular weight excluding hydrogens is 259 g/mol. The first kappa shape index (κ1) is 14.4. The van der Waals surface area contributed by atoms with Crippen molar-refractivity contribution in [1.82, 2.24) is 5.32 Å². The molecule has 0 saturated carbocycles. The van der Waals surface area contributed by atoms with E-state index in [4.69, 9.17) is 5.73 Å². The van der Waals surface area contributed by atoms with E-state index in [1.54, 1.807) is 5.32 Å². The summed E-state index contributed by atoms with van der Waals surface area (Å²) < 4.78 is 63.5. The monoisotopic (exact) mass is 268 g/mol. The van der Waals surface area contributed by atoms with E-state index in [9.17, 15) is 26.7 Å². The maximum Gasteiger partial charge on any atom is 0.277 e. The zero-order chi connectivity index (χ0) is 13.9. The second-order valence-electron chi connectivity index (χ2n) is 3.50. The average molecular weight is 268 g/mol. The van der Waals surface area contributed by atoms with Gasteiger partial charge in [0.1, 0.15) is 0 Å². The zero-order valence-electron chi connectivity index (χ0n) is 8.94. The second kappa shape index (κ2) is 5.30. The number of hydrogen-bond donors (Lipinski definition) is 2. The van der Waals surface area contributed by atoms with Crippen LogP contribution in [0, 0.1) is 17.5 Å². The number of carbonyl (C=O) groups is 1. The lowest BCUT2D eigenvalue weighted by Gasteiger charge is -2.14. The largest absolute Gasteiger partial charge is 0.346 e. The molecule has 0 aliphatic carbocycles. The Balaban J connectivity index is 2.80. The molecule has 0 aliphatic rings. The second-order valence-corrected chi connectivity index (χ2v) is 3.50. The Bertz CT molecular complexity index is 441. The average Bonchev–Trinajstić information content (AvgIpc) is 2.32. The van der Waals surface area contributed by atoms with Gasteiger partial charge in [0.15, 0.2) is 17.5 Å². The Hall–Kier alpha value is -1.70. The van der Waals surface area contributed by atoms with Gasteiger partial charge in [-0.3, -0.25) is 4.79 Å². The Morgan fingerprint density at radius 1 is 1.22 bits per heavy atom. The number of alkyl halides is 2. The molecule has 0 spiro atoms. The quantitative estimate of drug-likeness (QED) is 0.641. The van der Waals surface area contributed by atoms with Gasteiger partial charge >= 0.3 is 0 Å². The number of halogens is 5. The normalized spacial score (nSPS) is 11.4. The number of nitrogens with two attached hydrogens (primary N) is 1. The fourth-order valence-electron chi connectivity index (χ4n) is 1.07. The van der Waals surface area contributed by atoms with Crippen LogP contribution in [0.5, 0.6) is 0 Å². The first-order chi connectivity index (χ1) is 8.26. The minimum absolute atomic E-state index is 0.411. The third kappa shape index (κ3) is 3.39. The lowest BCUT2D eigenvalue weighted by atomic mass is 10.2. The summed E-state index contributed by atoms with van der Waals surface area (Å²) in [5.74, 6) is -9.37. The van der Waals surface area contributed by atoms with E-state index < -0.39 is 47.9 Å². The summed E-state index contributed by atoms with van der Waals surface area (Å²) in [6, 6.07) is 0.822. The minimum Gasteiger partial charge on any atom is -0.346 e. The molecule has 1 aromatic rings. The Kier molecular flexibility index (Phi) is 4.23. The van der Waals surface area contributed by atoms with Crippen LogP contribution in [0.2, 0.25) is 0 Å². The summed E-state index contributed by atoms with van der Waals surface area (Å²) in [4.78, 5) is 11.3. The minimum atomic E-state index is -3.33. The molecule has 0 aliphatic heterocycles. The molecule has 100 valence electrons. The van der Waals surface area contributed by atoms with E-state index in [1.165, 1.54) is 0 Å². The van der Waals surface area contributed by atoms with Crippen molar-refractivity contribution in [1.29, 1.82) is 0 Å².